The van der Waals surface area contributed by atoms with E-state index >= 15 is 0 Å². The molecule has 23 heavy (non-hydrogen) atoms. The second kappa shape index (κ2) is 10.8. The van der Waals surface area contributed by atoms with Crippen LogP contribution in [0, 0.1) is 5.92 Å². The third-order valence-corrected chi connectivity index (χ3v) is 5.62. The summed E-state index contributed by atoms with van der Waals surface area (Å²) in [5, 5.41) is 0. The molecule has 130 valence electrons. The largest absolute Gasteiger partial charge is 0.354 e. The van der Waals surface area contributed by atoms with Crippen LogP contribution in [-0.4, -0.2) is 13.2 Å². The van der Waals surface area contributed by atoms with E-state index in [2.05, 4.69) is 26.0 Å². The van der Waals surface area contributed by atoms with Crippen molar-refractivity contribution in [2.45, 2.75) is 53.4 Å². The first-order chi connectivity index (χ1) is 11.1. The maximum atomic E-state index is 12.9. The Kier molecular flexibility index (Phi) is 9.47. The second-order valence-electron chi connectivity index (χ2n) is 5.72. The molecular weight excluding hydrogens is 307 g/mol. The first-order valence-corrected chi connectivity index (χ1v) is 10.3. The molecule has 0 N–H and O–H groups in total. The van der Waals surface area contributed by atoms with Gasteiger partial charge in [0.15, 0.2) is 0 Å². The molecule has 1 atom stereocenters. The van der Waals surface area contributed by atoms with Crippen LogP contribution in [-0.2, 0) is 13.6 Å². The number of unbranched alkanes of at least 4 members (excludes halogenated alkanes) is 2. The van der Waals surface area contributed by atoms with Crippen molar-refractivity contribution in [2.24, 2.45) is 5.92 Å². The summed E-state index contributed by atoms with van der Waals surface area (Å²) >= 11 is 0. The van der Waals surface area contributed by atoms with Gasteiger partial charge in [-0.25, -0.2) is 0 Å². The molecule has 3 nitrogen and oxygen atoms in total. The molecule has 1 aromatic rings. The molecule has 0 amide bonds. The monoisotopic (exact) mass is 338 g/mol. The van der Waals surface area contributed by atoms with E-state index in [-0.39, 0.29) is 0 Å². The van der Waals surface area contributed by atoms with E-state index in [9.17, 15) is 4.57 Å². The lowest BCUT2D eigenvalue weighted by Gasteiger charge is -2.20. The zero-order chi connectivity index (χ0) is 17.1. The maximum Gasteiger partial charge on any atom is 0.354 e. The first kappa shape index (κ1) is 20.2. The Balaban J connectivity index is 3.11. The third kappa shape index (κ3) is 7.03. The molecule has 0 saturated heterocycles. The molecule has 0 bridgehead atoms. The second-order valence-corrected chi connectivity index (χ2v) is 7.58. The summed E-state index contributed by atoms with van der Waals surface area (Å²) in [4.78, 5) is 0. The fraction of sp³-hybridized carbons (Fsp3) is 0.579. The van der Waals surface area contributed by atoms with Crippen molar-refractivity contribution < 1.29 is 13.6 Å². The van der Waals surface area contributed by atoms with Gasteiger partial charge in [0.1, 0.15) is 0 Å². The van der Waals surface area contributed by atoms with Gasteiger partial charge in [-0.05, 0) is 37.3 Å². The fourth-order valence-corrected chi connectivity index (χ4v) is 4.30. The van der Waals surface area contributed by atoms with E-state index in [1.165, 1.54) is 19.3 Å². The number of allylic oxidation sites excluding steroid dienone is 1. The van der Waals surface area contributed by atoms with Gasteiger partial charge in [0.25, 0.3) is 0 Å². The van der Waals surface area contributed by atoms with Crippen molar-refractivity contribution in [3.05, 3.63) is 41.7 Å². The molecule has 0 spiro atoms. The van der Waals surface area contributed by atoms with Gasteiger partial charge in [-0.3, -0.25) is 4.57 Å². The highest BCUT2D eigenvalue weighted by molar-refractivity contribution is 7.57. The molecular formula is C19H31O3P. The SMILES string of the molecule is CCCCCC(C)/C(=C/P(=O)(OCC)OCC)c1ccccc1. The van der Waals surface area contributed by atoms with E-state index in [0.29, 0.717) is 19.1 Å². The Morgan fingerprint density at radius 1 is 1.09 bits per heavy atom. The Bertz CT molecular complexity index is 501. The summed E-state index contributed by atoms with van der Waals surface area (Å²) in [7, 11) is -3.20. The number of rotatable bonds is 11. The Morgan fingerprint density at radius 2 is 1.70 bits per heavy atom. The third-order valence-electron chi connectivity index (χ3n) is 3.79. The summed E-state index contributed by atoms with van der Waals surface area (Å²) < 4.78 is 23.8. The maximum absolute atomic E-state index is 12.9. The zero-order valence-electron chi connectivity index (χ0n) is 15.0. The standard InChI is InChI=1S/C19H31O3P/c1-5-8-10-13-17(4)19(18-14-11-9-12-15-18)16-23(20,21-6-2)22-7-3/h9,11-12,14-17H,5-8,10,13H2,1-4H3/b19-16-. The summed E-state index contributed by atoms with van der Waals surface area (Å²) in [6.07, 6.45) is 4.68. The number of benzene rings is 1. The predicted molar refractivity (Wildman–Crippen MR) is 98.6 cm³/mol. The van der Waals surface area contributed by atoms with Crippen LogP contribution in [0.1, 0.15) is 58.9 Å². The lowest BCUT2D eigenvalue weighted by Crippen LogP contribution is -2.02. The lowest BCUT2D eigenvalue weighted by atomic mass is 9.91. The minimum Gasteiger partial charge on any atom is -0.306 e. The van der Waals surface area contributed by atoms with E-state index in [4.69, 9.17) is 9.05 Å². The molecule has 0 aliphatic heterocycles. The lowest BCUT2D eigenvalue weighted by molar-refractivity contribution is 0.229. The highest BCUT2D eigenvalue weighted by Crippen LogP contribution is 2.52. The van der Waals surface area contributed by atoms with Crippen LogP contribution in [0.3, 0.4) is 0 Å². The average Bonchev–Trinajstić information content (AvgIpc) is 2.54. The van der Waals surface area contributed by atoms with Crippen molar-refractivity contribution in [3.63, 3.8) is 0 Å². The van der Waals surface area contributed by atoms with Gasteiger partial charge in [-0.15, -0.1) is 0 Å². The molecule has 1 aromatic carbocycles. The van der Waals surface area contributed by atoms with Gasteiger partial charge in [0.05, 0.1) is 13.2 Å². The van der Waals surface area contributed by atoms with Gasteiger partial charge in [0, 0.05) is 5.82 Å². The summed E-state index contributed by atoms with van der Waals surface area (Å²) in [6, 6.07) is 10.1. The minimum atomic E-state index is -3.20. The molecule has 1 rings (SSSR count). The summed E-state index contributed by atoms with van der Waals surface area (Å²) in [5.41, 5.74) is 2.16. The average molecular weight is 338 g/mol. The van der Waals surface area contributed by atoms with Crippen LogP contribution >= 0.6 is 7.60 Å². The van der Waals surface area contributed by atoms with E-state index in [1.54, 1.807) is 5.82 Å². The molecule has 0 aliphatic carbocycles. The van der Waals surface area contributed by atoms with Crippen molar-refractivity contribution >= 4 is 13.2 Å². The van der Waals surface area contributed by atoms with Gasteiger partial charge in [-0.2, -0.15) is 0 Å². The van der Waals surface area contributed by atoms with Gasteiger partial charge in [0.2, 0.25) is 0 Å². The smallest absolute Gasteiger partial charge is 0.306 e. The van der Waals surface area contributed by atoms with Gasteiger partial charge in [-0.1, -0.05) is 63.4 Å². The van der Waals surface area contributed by atoms with Gasteiger partial charge < -0.3 is 9.05 Å². The van der Waals surface area contributed by atoms with Crippen molar-refractivity contribution in [2.75, 3.05) is 13.2 Å². The van der Waals surface area contributed by atoms with Gasteiger partial charge >= 0.3 is 7.60 Å². The molecule has 1 unspecified atom stereocenters. The van der Waals surface area contributed by atoms with Crippen LogP contribution in [0.25, 0.3) is 5.57 Å². The summed E-state index contributed by atoms with van der Waals surface area (Å²) in [6.45, 7) is 8.83. The minimum absolute atomic E-state index is 0.318. The van der Waals surface area contributed by atoms with Crippen LogP contribution in [0.2, 0.25) is 0 Å². The summed E-state index contributed by atoms with van der Waals surface area (Å²) in [5.74, 6) is 2.06. The fourth-order valence-electron chi connectivity index (χ4n) is 2.61. The molecule has 0 aromatic heterocycles. The Morgan fingerprint density at radius 3 is 2.22 bits per heavy atom. The quantitative estimate of drug-likeness (QED) is 0.341. The highest BCUT2D eigenvalue weighted by atomic mass is 31.2. The molecule has 0 saturated carbocycles. The van der Waals surface area contributed by atoms with Crippen LogP contribution in [0.5, 0.6) is 0 Å². The van der Waals surface area contributed by atoms with Crippen molar-refractivity contribution in [1.82, 2.24) is 0 Å². The first-order valence-electron chi connectivity index (χ1n) is 8.73. The van der Waals surface area contributed by atoms with E-state index < -0.39 is 7.60 Å². The zero-order valence-corrected chi connectivity index (χ0v) is 15.9. The van der Waals surface area contributed by atoms with Crippen LogP contribution in [0.4, 0.5) is 0 Å². The van der Waals surface area contributed by atoms with Crippen LogP contribution in [0.15, 0.2) is 36.1 Å². The Hall–Kier alpha value is -0.890. The van der Waals surface area contributed by atoms with Crippen molar-refractivity contribution in [3.8, 4) is 0 Å². The molecule has 0 radical (unpaired) electrons. The Labute approximate surface area is 141 Å². The highest BCUT2D eigenvalue weighted by Gasteiger charge is 2.24. The molecule has 0 aliphatic rings. The van der Waals surface area contributed by atoms with E-state index in [0.717, 1.165) is 17.6 Å². The number of hydrogen-bond acceptors (Lipinski definition) is 3. The van der Waals surface area contributed by atoms with E-state index in [1.807, 2.05) is 32.0 Å². The molecule has 0 fully saturated rings. The molecule has 4 heteroatoms. The normalized spacial score (nSPS) is 14.0. The number of hydrogen-bond donors (Lipinski definition) is 0. The van der Waals surface area contributed by atoms with Crippen LogP contribution < -0.4 is 0 Å². The topological polar surface area (TPSA) is 35.5 Å². The molecule has 0 heterocycles. The predicted octanol–water partition coefficient (Wildman–Crippen LogP) is 6.51. The van der Waals surface area contributed by atoms with Crippen molar-refractivity contribution in [1.29, 1.82) is 0 Å².